The van der Waals surface area contributed by atoms with E-state index in [0.29, 0.717) is 6.10 Å². The smallest absolute Gasteiger partial charge is 0.0599 e. The van der Waals surface area contributed by atoms with Crippen LogP contribution in [0, 0.1) is 5.92 Å². The van der Waals surface area contributed by atoms with Gasteiger partial charge in [-0.15, -0.1) is 0 Å². The van der Waals surface area contributed by atoms with Gasteiger partial charge in [-0.3, -0.25) is 4.90 Å². The molecule has 0 radical (unpaired) electrons. The first-order valence-corrected chi connectivity index (χ1v) is 7.87. The van der Waals surface area contributed by atoms with E-state index < -0.39 is 0 Å². The Labute approximate surface area is 112 Å². The quantitative estimate of drug-likeness (QED) is 0.766. The normalized spacial score (nSPS) is 31.7. The van der Waals surface area contributed by atoms with Crippen LogP contribution in [0.4, 0.5) is 0 Å². The number of piperidine rings is 1. The van der Waals surface area contributed by atoms with E-state index in [4.69, 9.17) is 10.5 Å². The minimum Gasteiger partial charge on any atom is -0.378 e. The SMILES string of the molecule is CC1CCCCC1N1CCC(OCCCN)CC1. The molecule has 106 valence electrons. The van der Waals surface area contributed by atoms with E-state index in [-0.39, 0.29) is 0 Å². The predicted molar refractivity (Wildman–Crippen MR) is 75.6 cm³/mol. The van der Waals surface area contributed by atoms with Crippen molar-refractivity contribution in [1.29, 1.82) is 0 Å². The van der Waals surface area contributed by atoms with Gasteiger partial charge in [-0.05, 0) is 44.6 Å². The van der Waals surface area contributed by atoms with Crippen LogP contribution < -0.4 is 5.73 Å². The Bertz CT molecular complexity index is 227. The summed E-state index contributed by atoms with van der Waals surface area (Å²) in [6.07, 6.45) is 9.64. The van der Waals surface area contributed by atoms with Crippen LogP contribution in [0.2, 0.25) is 0 Å². The number of likely N-dealkylation sites (tertiary alicyclic amines) is 1. The second-order valence-corrected chi connectivity index (χ2v) is 6.08. The number of ether oxygens (including phenoxy) is 1. The van der Waals surface area contributed by atoms with Crippen LogP contribution in [0.3, 0.4) is 0 Å². The van der Waals surface area contributed by atoms with Crippen molar-refractivity contribution in [1.82, 2.24) is 4.90 Å². The van der Waals surface area contributed by atoms with Crippen molar-refractivity contribution in [2.24, 2.45) is 11.7 Å². The van der Waals surface area contributed by atoms with Crippen LogP contribution >= 0.6 is 0 Å². The Balaban J connectivity index is 1.69. The topological polar surface area (TPSA) is 38.5 Å². The lowest BCUT2D eigenvalue weighted by Gasteiger charge is -2.42. The second-order valence-electron chi connectivity index (χ2n) is 6.08. The molecule has 3 heteroatoms. The summed E-state index contributed by atoms with van der Waals surface area (Å²) in [5.74, 6) is 0.897. The van der Waals surface area contributed by atoms with Gasteiger partial charge in [-0.2, -0.15) is 0 Å². The number of nitrogens with two attached hydrogens (primary N) is 1. The molecule has 1 heterocycles. The van der Waals surface area contributed by atoms with Gasteiger partial charge in [0.1, 0.15) is 0 Å². The molecule has 3 nitrogen and oxygen atoms in total. The number of rotatable bonds is 5. The third kappa shape index (κ3) is 3.94. The van der Waals surface area contributed by atoms with Crippen molar-refractivity contribution in [3.63, 3.8) is 0 Å². The molecular weight excluding hydrogens is 224 g/mol. The standard InChI is InChI=1S/C15H30N2O/c1-13-5-2-3-6-15(13)17-10-7-14(8-11-17)18-12-4-9-16/h13-15H,2-12,16H2,1H3. The Morgan fingerprint density at radius 3 is 2.50 bits per heavy atom. The van der Waals surface area contributed by atoms with Crippen LogP contribution in [0.5, 0.6) is 0 Å². The van der Waals surface area contributed by atoms with Crippen molar-refractivity contribution in [3.05, 3.63) is 0 Å². The molecule has 2 atom stereocenters. The van der Waals surface area contributed by atoms with Crippen molar-refractivity contribution in [2.75, 3.05) is 26.2 Å². The van der Waals surface area contributed by atoms with Crippen LogP contribution in [0.25, 0.3) is 0 Å². The molecular formula is C15H30N2O. The Morgan fingerprint density at radius 2 is 1.83 bits per heavy atom. The van der Waals surface area contributed by atoms with Gasteiger partial charge >= 0.3 is 0 Å². The second kappa shape index (κ2) is 7.46. The fourth-order valence-corrected chi connectivity index (χ4v) is 3.55. The largest absolute Gasteiger partial charge is 0.378 e. The maximum absolute atomic E-state index is 5.88. The molecule has 2 unspecified atom stereocenters. The number of hydrogen-bond donors (Lipinski definition) is 1. The summed E-state index contributed by atoms with van der Waals surface area (Å²) in [5, 5.41) is 0. The van der Waals surface area contributed by atoms with Gasteiger partial charge in [0.05, 0.1) is 6.10 Å². The molecule has 2 aliphatic rings. The monoisotopic (exact) mass is 254 g/mol. The Morgan fingerprint density at radius 1 is 1.11 bits per heavy atom. The highest BCUT2D eigenvalue weighted by Crippen LogP contribution is 2.30. The van der Waals surface area contributed by atoms with Crippen LogP contribution in [-0.2, 0) is 4.74 Å². The average Bonchev–Trinajstić information content (AvgIpc) is 2.41. The molecule has 1 aliphatic heterocycles. The molecule has 0 aromatic rings. The van der Waals surface area contributed by atoms with Gasteiger partial charge in [0.2, 0.25) is 0 Å². The highest BCUT2D eigenvalue weighted by Gasteiger charge is 2.30. The zero-order chi connectivity index (χ0) is 12.8. The van der Waals surface area contributed by atoms with Crippen LogP contribution in [-0.4, -0.2) is 43.3 Å². The molecule has 2 rings (SSSR count). The molecule has 2 N–H and O–H groups in total. The van der Waals surface area contributed by atoms with Crippen LogP contribution in [0.15, 0.2) is 0 Å². The van der Waals surface area contributed by atoms with E-state index in [1.807, 2.05) is 0 Å². The van der Waals surface area contributed by atoms with E-state index in [2.05, 4.69) is 11.8 Å². The average molecular weight is 254 g/mol. The molecule has 18 heavy (non-hydrogen) atoms. The number of hydrogen-bond acceptors (Lipinski definition) is 3. The van der Waals surface area contributed by atoms with E-state index in [9.17, 15) is 0 Å². The maximum atomic E-state index is 5.88. The molecule has 0 aromatic heterocycles. The highest BCUT2D eigenvalue weighted by molar-refractivity contribution is 4.84. The molecule has 0 amide bonds. The zero-order valence-corrected chi connectivity index (χ0v) is 11.9. The maximum Gasteiger partial charge on any atom is 0.0599 e. The first-order valence-electron chi connectivity index (χ1n) is 7.87. The number of nitrogens with zero attached hydrogens (tertiary/aromatic N) is 1. The Kier molecular flexibility index (Phi) is 5.93. The van der Waals surface area contributed by atoms with E-state index >= 15 is 0 Å². The lowest BCUT2D eigenvalue weighted by molar-refractivity contribution is -0.0132. The molecule has 1 aliphatic carbocycles. The summed E-state index contributed by atoms with van der Waals surface area (Å²) in [6, 6.07) is 0.851. The van der Waals surface area contributed by atoms with E-state index in [1.165, 1.54) is 51.6 Å². The third-order valence-electron chi connectivity index (χ3n) is 4.71. The third-order valence-corrected chi connectivity index (χ3v) is 4.71. The van der Waals surface area contributed by atoms with Gasteiger partial charge in [-0.1, -0.05) is 19.8 Å². The van der Waals surface area contributed by atoms with Gasteiger partial charge < -0.3 is 10.5 Å². The minimum atomic E-state index is 0.492. The van der Waals surface area contributed by atoms with Crippen molar-refractivity contribution in [3.8, 4) is 0 Å². The minimum absolute atomic E-state index is 0.492. The molecule has 1 saturated heterocycles. The van der Waals surface area contributed by atoms with Crippen molar-refractivity contribution >= 4 is 0 Å². The molecule has 0 aromatic carbocycles. The molecule has 0 spiro atoms. The van der Waals surface area contributed by atoms with Crippen molar-refractivity contribution < 1.29 is 4.74 Å². The van der Waals surface area contributed by atoms with E-state index in [0.717, 1.165) is 31.5 Å². The molecule has 0 bridgehead atoms. The van der Waals surface area contributed by atoms with Gasteiger partial charge in [-0.25, -0.2) is 0 Å². The highest BCUT2D eigenvalue weighted by atomic mass is 16.5. The lowest BCUT2D eigenvalue weighted by atomic mass is 9.84. The van der Waals surface area contributed by atoms with E-state index in [1.54, 1.807) is 0 Å². The van der Waals surface area contributed by atoms with Gasteiger partial charge in [0.15, 0.2) is 0 Å². The fourth-order valence-electron chi connectivity index (χ4n) is 3.55. The summed E-state index contributed by atoms with van der Waals surface area (Å²) in [6.45, 7) is 6.51. The summed E-state index contributed by atoms with van der Waals surface area (Å²) in [5.41, 5.74) is 5.49. The fraction of sp³-hybridized carbons (Fsp3) is 1.00. The zero-order valence-electron chi connectivity index (χ0n) is 11.9. The molecule has 2 fully saturated rings. The summed E-state index contributed by atoms with van der Waals surface area (Å²) < 4.78 is 5.88. The van der Waals surface area contributed by atoms with Gasteiger partial charge in [0.25, 0.3) is 0 Å². The van der Waals surface area contributed by atoms with Gasteiger partial charge in [0, 0.05) is 25.7 Å². The van der Waals surface area contributed by atoms with Crippen molar-refractivity contribution in [2.45, 2.75) is 64.0 Å². The first-order chi connectivity index (χ1) is 8.81. The predicted octanol–water partition coefficient (Wildman–Crippen LogP) is 2.39. The molecule has 1 saturated carbocycles. The summed E-state index contributed by atoms with van der Waals surface area (Å²) >= 11 is 0. The summed E-state index contributed by atoms with van der Waals surface area (Å²) in [7, 11) is 0. The van der Waals surface area contributed by atoms with Crippen LogP contribution in [0.1, 0.15) is 51.9 Å². The lowest BCUT2D eigenvalue weighted by Crippen LogP contribution is -2.47. The Hall–Kier alpha value is -0.120. The summed E-state index contributed by atoms with van der Waals surface area (Å²) in [4.78, 5) is 2.73. The first kappa shape index (κ1) is 14.3.